The third-order valence-electron chi connectivity index (χ3n) is 2.97. The zero-order valence-corrected chi connectivity index (χ0v) is 11.8. The summed E-state index contributed by atoms with van der Waals surface area (Å²) in [5, 5.41) is 2.72. The summed E-state index contributed by atoms with van der Waals surface area (Å²) in [5.74, 6) is 1.24. The Bertz CT molecular complexity index is 476. The lowest BCUT2D eigenvalue weighted by atomic mass is 10.2. The SMILES string of the molecule is Cc1cccc(CSCC(=O)N2CCNC(=O)C2)c1. The molecule has 4 nitrogen and oxygen atoms in total. The van der Waals surface area contributed by atoms with E-state index in [9.17, 15) is 9.59 Å². The van der Waals surface area contributed by atoms with Crippen LogP contribution in [0.1, 0.15) is 11.1 Å². The van der Waals surface area contributed by atoms with E-state index in [2.05, 4.69) is 30.4 Å². The molecule has 1 heterocycles. The summed E-state index contributed by atoms with van der Waals surface area (Å²) in [7, 11) is 0. The van der Waals surface area contributed by atoms with Crippen molar-refractivity contribution in [3.63, 3.8) is 0 Å². The fourth-order valence-electron chi connectivity index (χ4n) is 2.00. The first-order valence-corrected chi connectivity index (χ1v) is 7.48. The van der Waals surface area contributed by atoms with E-state index in [4.69, 9.17) is 0 Å². The van der Waals surface area contributed by atoms with Gasteiger partial charge in [-0.1, -0.05) is 29.8 Å². The number of aryl methyl sites for hydroxylation is 1. The van der Waals surface area contributed by atoms with Crippen LogP contribution in [0, 0.1) is 6.92 Å². The summed E-state index contributed by atoms with van der Waals surface area (Å²) in [5.41, 5.74) is 2.46. The molecule has 1 N–H and O–H groups in total. The largest absolute Gasteiger partial charge is 0.353 e. The van der Waals surface area contributed by atoms with E-state index >= 15 is 0 Å². The number of thioether (sulfide) groups is 1. The predicted molar refractivity (Wildman–Crippen MR) is 76.9 cm³/mol. The average molecular weight is 278 g/mol. The fraction of sp³-hybridized carbons (Fsp3) is 0.429. The molecule has 0 aromatic heterocycles. The molecule has 19 heavy (non-hydrogen) atoms. The Morgan fingerprint density at radius 1 is 1.47 bits per heavy atom. The number of nitrogens with one attached hydrogen (secondary N) is 1. The van der Waals surface area contributed by atoms with Gasteiger partial charge in [-0.15, -0.1) is 11.8 Å². The van der Waals surface area contributed by atoms with Gasteiger partial charge in [0.2, 0.25) is 11.8 Å². The molecule has 0 bridgehead atoms. The molecular weight excluding hydrogens is 260 g/mol. The van der Waals surface area contributed by atoms with Gasteiger partial charge in [-0.25, -0.2) is 0 Å². The van der Waals surface area contributed by atoms with Crippen LogP contribution in [0.25, 0.3) is 0 Å². The minimum absolute atomic E-state index is 0.0486. The molecule has 2 rings (SSSR count). The maximum atomic E-state index is 11.9. The van der Waals surface area contributed by atoms with Crippen LogP contribution < -0.4 is 5.32 Å². The highest BCUT2D eigenvalue weighted by atomic mass is 32.2. The number of rotatable bonds is 4. The topological polar surface area (TPSA) is 49.4 Å². The lowest BCUT2D eigenvalue weighted by molar-refractivity contribution is -0.136. The summed E-state index contributed by atoms with van der Waals surface area (Å²) >= 11 is 1.60. The molecule has 1 aliphatic heterocycles. The summed E-state index contributed by atoms with van der Waals surface area (Å²) in [4.78, 5) is 24.8. The lowest BCUT2D eigenvalue weighted by Crippen LogP contribution is -2.50. The second-order valence-electron chi connectivity index (χ2n) is 4.65. The highest BCUT2D eigenvalue weighted by molar-refractivity contribution is 7.99. The molecule has 2 amide bonds. The van der Waals surface area contributed by atoms with E-state index in [1.807, 2.05) is 6.07 Å². The highest BCUT2D eigenvalue weighted by Gasteiger charge is 2.20. The standard InChI is InChI=1S/C14H18N2O2S/c1-11-3-2-4-12(7-11)9-19-10-14(18)16-6-5-15-13(17)8-16/h2-4,7H,5-6,8-10H2,1H3,(H,15,17). The first-order valence-electron chi connectivity index (χ1n) is 6.33. The quantitative estimate of drug-likeness (QED) is 0.900. The molecule has 0 spiro atoms. The average Bonchev–Trinajstić information content (AvgIpc) is 2.38. The van der Waals surface area contributed by atoms with Crippen molar-refractivity contribution in [3.05, 3.63) is 35.4 Å². The van der Waals surface area contributed by atoms with E-state index in [-0.39, 0.29) is 18.4 Å². The second kappa shape index (κ2) is 6.61. The molecule has 1 saturated heterocycles. The number of amides is 2. The number of hydrogen-bond donors (Lipinski definition) is 1. The van der Waals surface area contributed by atoms with E-state index in [0.29, 0.717) is 18.8 Å². The Balaban J connectivity index is 1.76. The Morgan fingerprint density at radius 2 is 2.32 bits per heavy atom. The zero-order chi connectivity index (χ0) is 13.7. The smallest absolute Gasteiger partial charge is 0.239 e. The predicted octanol–water partition coefficient (Wildman–Crippen LogP) is 1.19. The molecule has 1 aromatic carbocycles. The van der Waals surface area contributed by atoms with Gasteiger partial charge >= 0.3 is 0 Å². The highest BCUT2D eigenvalue weighted by Crippen LogP contribution is 2.14. The molecule has 0 aliphatic carbocycles. The number of carbonyl (C=O) groups is 2. The number of hydrogen-bond acceptors (Lipinski definition) is 3. The van der Waals surface area contributed by atoms with Crippen molar-refractivity contribution in [2.45, 2.75) is 12.7 Å². The fourth-order valence-corrected chi connectivity index (χ4v) is 2.88. The molecule has 1 aliphatic rings. The van der Waals surface area contributed by atoms with Gasteiger partial charge in [-0.05, 0) is 12.5 Å². The van der Waals surface area contributed by atoms with Crippen molar-refractivity contribution in [1.29, 1.82) is 0 Å². The maximum Gasteiger partial charge on any atom is 0.239 e. The van der Waals surface area contributed by atoms with Crippen LogP contribution in [0.5, 0.6) is 0 Å². The van der Waals surface area contributed by atoms with Crippen LogP contribution in [-0.2, 0) is 15.3 Å². The molecule has 102 valence electrons. The Hall–Kier alpha value is -1.49. The molecule has 1 aromatic rings. The van der Waals surface area contributed by atoms with Crippen LogP contribution >= 0.6 is 11.8 Å². The molecule has 5 heteroatoms. The van der Waals surface area contributed by atoms with E-state index in [0.717, 1.165) is 5.75 Å². The van der Waals surface area contributed by atoms with Gasteiger partial charge in [0.05, 0.1) is 12.3 Å². The van der Waals surface area contributed by atoms with Crippen molar-refractivity contribution in [3.8, 4) is 0 Å². The van der Waals surface area contributed by atoms with Gasteiger partial charge in [-0.3, -0.25) is 9.59 Å². The van der Waals surface area contributed by atoms with E-state index in [1.165, 1.54) is 11.1 Å². The third-order valence-corrected chi connectivity index (χ3v) is 3.96. The minimum atomic E-state index is -0.0664. The molecule has 0 radical (unpaired) electrons. The van der Waals surface area contributed by atoms with Gasteiger partial charge in [0.25, 0.3) is 0 Å². The number of nitrogens with zero attached hydrogens (tertiary/aromatic N) is 1. The molecular formula is C14H18N2O2S. The van der Waals surface area contributed by atoms with Crippen LogP contribution in [0.3, 0.4) is 0 Å². The molecule has 0 unspecified atom stereocenters. The van der Waals surface area contributed by atoms with Crippen molar-refractivity contribution in [1.82, 2.24) is 10.2 Å². The number of benzene rings is 1. The van der Waals surface area contributed by atoms with Crippen LogP contribution in [-0.4, -0.2) is 42.1 Å². The lowest BCUT2D eigenvalue weighted by Gasteiger charge is -2.26. The Morgan fingerprint density at radius 3 is 3.05 bits per heavy atom. The maximum absolute atomic E-state index is 11.9. The Labute approximate surface area is 117 Å². The van der Waals surface area contributed by atoms with E-state index in [1.54, 1.807) is 16.7 Å². The summed E-state index contributed by atoms with van der Waals surface area (Å²) in [6.45, 7) is 3.44. The molecule has 0 saturated carbocycles. The van der Waals surface area contributed by atoms with E-state index < -0.39 is 0 Å². The van der Waals surface area contributed by atoms with Crippen LogP contribution in [0.15, 0.2) is 24.3 Å². The summed E-state index contributed by atoms with van der Waals surface area (Å²) in [6, 6.07) is 8.29. The summed E-state index contributed by atoms with van der Waals surface area (Å²) < 4.78 is 0. The first kappa shape index (κ1) is 13.9. The van der Waals surface area contributed by atoms with Crippen molar-refractivity contribution >= 4 is 23.6 Å². The van der Waals surface area contributed by atoms with Gasteiger partial charge < -0.3 is 10.2 Å². The van der Waals surface area contributed by atoms with Gasteiger partial charge in [-0.2, -0.15) is 0 Å². The molecule has 1 fully saturated rings. The Kier molecular flexibility index (Phi) is 4.85. The van der Waals surface area contributed by atoms with Crippen LogP contribution in [0.4, 0.5) is 0 Å². The zero-order valence-electron chi connectivity index (χ0n) is 11.0. The minimum Gasteiger partial charge on any atom is -0.353 e. The van der Waals surface area contributed by atoms with Crippen molar-refractivity contribution < 1.29 is 9.59 Å². The van der Waals surface area contributed by atoms with Gasteiger partial charge in [0.15, 0.2) is 0 Å². The van der Waals surface area contributed by atoms with Crippen molar-refractivity contribution in [2.24, 2.45) is 0 Å². The number of carbonyl (C=O) groups excluding carboxylic acids is 2. The first-order chi connectivity index (χ1) is 9.15. The number of piperazine rings is 1. The third kappa shape index (κ3) is 4.28. The van der Waals surface area contributed by atoms with Gasteiger partial charge in [0.1, 0.15) is 0 Å². The normalized spacial score (nSPS) is 15.2. The second-order valence-corrected chi connectivity index (χ2v) is 5.63. The van der Waals surface area contributed by atoms with Gasteiger partial charge in [0, 0.05) is 18.8 Å². The van der Waals surface area contributed by atoms with Crippen LogP contribution in [0.2, 0.25) is 0 Å². The monoisotopic (exact) mass is 278 g/mol. The molecule has 0 atom stereocenters. The van der Waals surface area contributed by atoms with Crippen molar-refractivity contribution in [2.75, 3.05) is 25.4 Å². The summed E-state index contributed by atoms with van der Waals surface area (Å²) in [6.07, 6.45) is 0.